The largest absolute Gasteiger partial charge is 0.390 e. The molecule has 1 heterocycles. The molecule has 44 valence electrons. The lowest BCUT2D eigenvalue weighted by Crippen LogP contribution is -2.15. The summed E-state index contributed by atoms with van der Waals surface area (Å²) in [6.07, 6.45) is 0.135. The van der Waals surface area contributed by atoms with Crippen molar-refractivity contribution in [2.24, 2.45) is 0 Å². The Bertz CT molecular complexity index is 76.5. The number of aliphatic hydroxyl groups excluding tert-OH is 1. The van der Waals surface area contributed by atoms with E-state index in [4.69, 9.17) is 17.7 Å². The van der Waals surface area contributed by atoms with Gasteiger partial charge in [-0.1, -0.05) is 0 Å². The third-order valence-electron chi connectivity index (χ3n) is 1.41. The molecular weight excluding hydrogens is 103 g/mol. The summed E-state index contributed by atoms with van der Waals surface area (Å²) in [7, 11) is 5.33. The van der Waals surface area contributed by atoms with Crippen LogP contribution in [0.25, 0.3) is 0 Å². The van der Waals surface area contributed by atoms with E-state index >= 15 is 0 Å². The highest BCUT2D eigenvalue weighted by molar-refractivity contribution is 6.11. The molecule has 3 heteroatoms. The summed E-state index contributed by atoms with van der Waals surface area (Å²) in [6.45, 7) is 1.82. The molecule has 2 radical (unpaired) electrons. The molecule has 0 aromatic heterocycles. The zero-order chi connectivity index (χ0) is 6.15. The second kappa shape index (κ2) is 2.07. The molecular formula is C5H9BO2. The van der Waals surface area contributed by atoms with Crippen LogP contribution in [0.2, 0.25) is 0 Å². The van der Waals surface area contributed by atoms with Gasteiger partial charge in [0.25, 0.3) is 0 Å². The average Bonchev–Trinajstić information content (AvgIpc) is 1.85. The smallest absolute Gasteiger partial charge is 0.109 e. The van der Waals surface area contributed by atoms with Crippen LogP contribution in [0, 0.1) is 0 Å². The molecule has 1 aliphatic rings. The molecule has 8 heavy (non-hydrogen) atoms. The van der Waals surface area contributed by atoms with Gasteiger partial charge in [0, 0.05) is 6.00 Å². The van der Waals surface area contributed by atoms with E-state index in [0.29, 0.717) is 6.42 Å². The molecule has 1 fully saturated rings. The van der Waals surface area contributed by atoms with E-state index in [2.05, 4.69) is 0 Å². The second-order valence-corrected chi connectivity index (χ2v) is 2.18. The van der Waals surface area contributed by atoms with Crippen molar-refractivity contribution in [2.45, 2.75) is 31.6 Å². The fourth-order valence-corrected chi connectivity index (χ4v) is 0.852. The monoisotopic (exact) mass is 112 g/mol. The Hall–Kier alpha value is -0.0151. The van der Waals surface area contributed by atoms with Crippen LogP contribution in [0.5, 0.6) is 0 Å². The van der Waals surface area contributed by atoms with E-state index in [0.717, 1.165) is 0 Å². The minimum atomic E-state index is -0.356. The molecule has 1 saturated heterocycles. The molecule has 0 bridgehead atoms. The van der Waals surface area contributed by atoms with Crippen molar-refractivity contribution < 1.29 is 9.84 Å². The Morgan fingerprint density at radius 3 is 2.50 bits per heavy atom. The van der Waals surface area contributed by atoms with Crippen LogP contribution in [0.1, 0.15) is 13.3 Å². The van der Waals surface area contributed by atoms with E-state index in [1.807, 2.05) is 6.92 Å². The fourth-order valence-electron chi connectivity index (χ4n) is 0.852. The van der Waals surface area contributed by atoms with Crippen molar-refractivity contribution in [3.05, 3.63) is 0 Å². The number of hydrogen-bond donors (Lipinski definition) is 1. The Kier molecular flexibility index (Phi) is 1.58. The van der Waals surface area contributed by atoms with Crippen molar-refractivity contribution in [2.75, 3.05) is 0 Å². The predicted molar refractivity (Wildman–Crippen MR) is 30.7 cm³/mol. The Balaban J connectivity index is 2.39. The Morgan fingerprint density at radius 2 is 2.38 bits per heavy atom. The van der Waals surface area contributed by atoms with Gasteiger partial charge in [0.1, 0.15) is 7.85 Å². The van der Waals surface area contributed by atoms with Gasteiger partial charge in [-0.3, -0.25) is 0 Å². The van der Waals surface area contributed by atoms with Crippen LogP contribution in [-0.2, 0) is 4.74 Å². The van der Waals surface area contributed by atoms with Crippen LogP contribution >= 0.6 is 0 Å². The third-order valence-corrected chi connectivity index (χ3v) is 1.41. The van der Waals surface area contributed by atoms with E-state index in [9.17, 15) is 0 Å². The molecule has 2 nitrogen and oxygen atoms in total. The van der Waals surface area contributed by atoms with Gasteiger partial charge in [0.05, 0.1) is 12.2 Å². The van der Waals surface area contributed by atoms with Crippen molar-refractivity contribution >= 4 is 7.85 Å². The summed E-state index contributed by atoms with van der Waals surface area (Å²) in [6, 6.07) is -0.250. The topological polar surface area (TPSA) is 29.5 Å². The quantitative estimate of drug-likeness (QED) is 0.434. The van der Waals surface area contributed by atoms with E-state index in [1.54, 1.807) is 0 Å². The van der Waals surface area contributed by atoms with Crippen LogP contribution in [0.3, 0.4) is 0 Å². The van der Waals surface area contributed by atoms with Crippen LogP contribution in [-0.4, -0.2) is 31.2 Å². The van der Waals surface area contributed by atoms with Gasteiger partial charge < -0.3 is 9.84 Å². The first-order valence-electron chi connectivity index (χ1n) is 2.79. The number of rotatable bonds is 0. The average molecular weight is 112 g/mol. The van der Waals surface area contributed by atoms with E-state index in [1.165, 1.54) is 0 Å². The summed E-state index contributed by atoms with van der Waals surface area (Å²) in [5, 5.41) is 8.96. The van der Waals surface area contributed by atoms with Crippen LogP contribution in [0.4, 0.5) is 0 Å². The van der Waals surface area contributed by atoms with Crippen molar-refractivity contribution in [1.29, 1.82) is 0 Å². The minimum Gasteiger partial charge on any atom is -0.390 e. The highest BCUT2D eigenvalue weighted by atomic mass is 16.5. The van der Waals surface area contributed by atoms with Gasteiger partial charge in [-0.25, -0.2) is 0 Å². The molecule has 0 aliphatic carbocycles. The first-order valence-corrected chi connectivity index (χ1v) is 2.79. The maximum absolute atomic E-state index is 8.96. The van der Waals surface area contributed by atoms with Crippen LogP contribution in [0.15, 0.2) is 0 Å². The van der Waals surface area contributed by atoms with Gasteiger partial charge in [0.15, 0.2) is 0 Å². The third kappa shape index (κ3) is 1.04. The minimum absolute atomic E-state index is 0.0787. The SMILES string of the molecule is [B][C@H]1CC(O)[C@@H](C)O1. The lowest BCUT2D eigenvalue weighted by Gasteiger charge is -2.04. The maximum Gasteiger partial charge on any atom is 0.109 e. The van der Waals surface area contributed by atoms with Gasteiger partial charge in [-0.15, -0.1) is 0 Å². The van der Waals surface area contributed by atoms with E-state index in [-0.39, 0.29) is 18.2 Å². The highest BCUT2D eigenvalue weighted by Gasteiger charge is 2.26. The molecule has 0 aromatic carbocycles. The Morgan fingerprint density at radius 1 is 1.75 bits per heavy atom. The lowest BCUT2D eigenvalue weighted by molar-refractivity contribution is 0.0456. The van der Waals surface area contributed by atoms with Gasteiger partial charge >= 0.3 is 0 Å². The second-order valence-electron chi connectivity index (χ2n) is 2.18. The highest BCUT2D eigenvalue weighted by Crippen LogP contribution is 2.16. The molecule has 0 spiro atoms. The Labute approximate surface area is 50.3 Å². The van der Waals surface area contributed by atoms with Crippen molar-refractivity contribution in [3.8, 4) is 0 Å². The molecule has 1 unspecified atom stereocenters. The standard InChI is InChI=1S/C5H9BO2/c1-3-4(7)2-5(6)8-3/h3-5,7H,2H2,1H3/t3-,4?,5-/m1/s1. The summed E-state index contributed by atoms with van der Waals surface area (Å²) in [4.78, 5) is 0. The van der Waals surface area contributed by atoms with Gasteiger partial charge in [-0.2, -0.15) is 0 Å². The summed E-state index contributed by atoms with van der Waals surface area (Å²) >= 11 is 0. The molecule has 3 atom stereocenters. The van der Waals surface area contributed by atoms with Gasteiger partial charge in [0.2, 0.25) is 0 Å². The molecule has 1 aliphatic heterocycles. The number of aliphatic hydroxyl groups is 1. The zero-order valence-corrected chi connectivity index (χ0v) is 4.87. The molecule has 0 amide bonds. The van der Waals surface area contributed by atoms with Gasteiger partial charge in [-0.05, 0) is 13.3 Å². The molecule has 1 rings (SSSR count). The van der Waals surface area contributed by atoms with Crippen LogP contribution < -0.4 is 0 Å². The normalized spacial score (nSPS) is 47.5. The zero-order valence-electron chi connectivity index (χ0n) is 4.87. The summed E-state index contributed by atoms with van der Waals surface area (Å²) in [5.41, 5.74) is 0. The number of hydrogen-bond acceptors (Lipinski definition) is 2. The molecule has 0 saturated carbocycles. The summed E-state index contributed by atoms with van der Waals surface area (Å²) in [5.74, 6) is 0. The first-order chi connectivity index (χ1) is 3.70. The maximum atomic E-state index is 8.96. The number of ether oxygens (including phenoxy) is 1. The first kappa shape index (κ1) is 6.11. The van der Waals surface area contributed by atoms with E-state index < -0.39 is 0 Å². The lowest BCUT2D eigenvalue weighted by atomic mass is 9.96. The summed E-state index contributed by atoms with van der Waals surface area (Å²) < 4.78 is 5.00. The fraction of sp³-hybridized carbons (Fsp3) is 1.00. The van der Waals surface area contributed by atoms with Crippen molar-refractivity contribution in [3.63, 3.8) is 0 Å². The molecule has 0 aromatic rings. The van der Waals surface area contributed by atoms with Crippen molar-refractivity contribution in [1.82, 2.24) is 0 Å². The predicted octanol–water partition coefficient (Wildman–Crippen LogP) is -0.349. The molecule has 1 N–H and O–H groups in total.